The van der Waals surface area contributed by atoms with E-state index in [4.69, 9.17) is 5.26 Å². The van der Waals surface area contributed by atoms with Gasteiger partial charge in [0.1, 0.15) is 11.8 Å². The van der Waals surface area contributed by atoms with Crippen LogP contribution in [0, 0.1) is 11.3 Å². The quantitative estimate of drug-likeness (QED) is 0.765. The smallest absolute Gasteiger partial charge is 0.253 e. The van der Waals surface area contributed by atoms with E-state index in [0.29, 0.717) is 50.1 Å². The largest absolute Gasteiger partial charge is 0.386 e. The van der Waals surface area contributed by atoms with Gasteiger partial charge in [-0.25, -0.2) is 0 Å². The highest BCUT2D eigenvalue weighted by molar-refractivity contribution is 5.94. The van der Waals surface area contributed by atoms with E-state index < -0.39 is 11.8 Å². The van der Waals surface area contributed by atoms with Gasteiger partial charge in [0.15, 0.2) is 0 Å². The number of anilines is 1. The van der Waals surface area contributed by atoms with E-state index in [2.05, 4.69) is 17.0 Å². The van der Waals surface area contributed by atoms with Crippen LogP contribution in [0.25, 0.3) is 0 Å². The highest BCUT2D eigenvalue weighted by Crippen LogP contribution is 2.39. The molecule has 1 saturated heterocycles. The predicted octanol–water partition coefficient (Wildman–Crippen LogP) is 1.72. The first-order valence-electron chi connectivity index (χ1n) is 11.3. The topological polar surface area (TPSA) is 91.0 Å². The molecular weight excluding hydrogens is 404 g/mol. The Labute approximate surface area is 188 Å². The Bertz CT molecular complexity index is 1050. The second-order valence-electron chi connectivity index (χ2n) is 9.12. The number of amides is 1. The molecule has 2 aromatic rings. The van der Waals surface area contributed by atoms with E-state index >= 15 is 0 Å². The van der Waals surface area contributed by atoms with Crippen LogP contribution in [0.3, 0.4) is 0 Å². The molecule has 1 unspecified atom stereocenters. The average molecular weight is 433 g/mol. The molecule has 1 atom stereocenters. The number of aliphatic hydroxyl groups is 2. The van der Waals surface area contributed by atoms with Crippen LogP contribution >= 0.6 is 0 Å². The van der Waals surface area contributed by atoms with Crippen LogP contribution in [0.1, 0.15) is 39.9 Å². The van der Waals surface area contributed by atoms with Crippen molar-refractivity contribution in [2.45, 2.75) is 37.6 Å². The Hall–Kier alpha value is -2.92. The van der Waals surface area contributed by atoms with E-state index in [1.807, 2.05) is 46.2 Å². The van der Waals surface area contributed by atoms with Crippen molar-refractivity contribution in [3.8, 4) is 6.07 Å². The molecule has 1 saturated carbocycles. The van der Waals surface area contributed by atoms with Crippen molar-refractivity contribution in [2.24, 2.45) is 0 Å². The van der Waals surface area contributed by atoms with Crippen molar-refractivity contribution in [2.75, 3.05) is 37.6 Å². The van der Waals surface area contributed by atoms with Crippen molar-refractivity contribution < 1.29 is 15.0 Å². The summed E-state index contributed by atoms with van der Waals surface area (Å²) in [5, 5.41) is 29.6. The van der Waals surface area contributed by atoms with Crippen molar-refractivity contribution in [1.29, 1.82) is 5.26 Å². The second kappa shape index (κ2) is 8.21. The Morgan fingerprint density at radius 2 is 1.72 bits per heavy atom. The molecule has 0 bridgehead atoms. The molecule has 7 heteroatoms. The first-order chi connectivity index (χ1) is 15.5. The minimum Gasteiger partial charge on any atom is -0.386 e. The van der Waals surface area contributed by atoms with Crippen LogP contribution in [0.15, 0.2) is 42.5 Å². The minimum atomic E-state index is -0.951. The van der Waals surface area contributed by atoms with Gasteiger partial charge in [-0.1, -0.05) is 6.07 Å². The molecule has 1 aliphatic carbocycles. The summed E-state index contributed by atoms with van der Waals surface area (Å²) in [5.41, 5.74) is 3.95. The molecule has 2 N–H and O–H groups in total. The number of aliphatic hydroxyl groups excluding tert-OH is 1. The number of rotatable bonds is 4. The summed E-state index contributed by atoms with van der Waals surface area (Å²) in [6, 6.07) is 15.9. The van der Waals surface area contributed by atoms with Crippen molar-refractivity contribution >= 4 is 11.6 Å². The maximum absolute atomic E-state index is 13.0. The number of nitriles is 1. The first kappa shape index (κ1) is 21.0. The van der Waals surface area contributed by atoms with Gasteiger partial charge >= 0.3 is 0 Å². The number of hydrogen-bond acceptors (Lipinski definition) is 6. The molecule has 166 valence electrons. The lowest BCUT2D eigenvalue weighted by atomic mass is 9.97. The van der Waals surface area contributed by atoms with Crippen LogP contribution < -0.4 is 4.90 Å². The SMILES string of the molecule is N#Cc1ccc2c(c1)CN(c1ccc(C(=O)N3CCN(C(O)C4(O)CC4)CC3)cc1)CC2. The summed E-state index contributed by atoms with van der Waals surface area (Å²) >= 11 is 0. The summed E-state index contributed by atoms with van der Waals surface area (Å²) in [6.07, 6.45) is 1.38. The Morgan fingerprint density at radius 1 is 1.00 bits per heavy atom. The first-order valence-corrected chi connectivity index (χ1v) is 11.3. The molecule has 7 nitrogen and oxygen atoms in total. The lowest BCUT2D eigenvalue weighted by Gasteiger charge is -2.38. The molecule has 2 fully saturated rings. The molecule has 3 aliphatic rings. The Balaban J connectivity index is 1.20. The fourth-order valence-corrected chi connectivity index (χ4v) is 4.74. The van der Waals surface area contributed by atoms with Crippen LogP contribution in [-0.4, -0.2) is 70.5 Å². The van der Waals surface area contributed by atoms with Crippen molar-refractivity contribution in [3.05, 3.63) is 64.7 Å². The third-order valence-electron chi connectivity index (χ3n) is 7.02. The van der Waals surface area contributed by atoms with E-state index in [9.17, 15) is 15.0 Å². The van der Waals surface area contributed by atoms with Crippen molar-refractivity contribution in [1.82, 2.24) is 9.80 Å². The maximum atomic E-state index is 13.0. The van der Waals surface area contributed by atoms with Gasteiger partial charge in [-0.05, 0) is 66.8 Å². The predicted molar refractivity (Wildman–Crippen MR) is 120 cm³/mol. The third kappa shape index (κ3) is 3.97. The molecule has 2 heterocycles. The van der Waals surface area contributed by atoms with Gasteiger partial charge in [0.2, 0.25) is 0 Å². The van der Waals surface area contributed by atoms with Gasteiger partial charge in [0, 0.05) is 50.5 Å². The highest BCUT2D eigenvalue weighted by atomic mass is 16.4. The lowest BCUT2D eigenvalue weighted by Crippen LogP contribution is -2.55. The van der Waals surface area contributed by atoms with Crippen LogP contribution in [-0.2, 0) is 13.0 Å². The van der Waals surface area contributed by atoms with Gasteiger partial charge in [-0.3, -0.25) is 9.69 Å². The molecule has 0 radical (unpaired) electrons. The number of piperazine rings is 1. The lowest BCUT2D eigenvalue weighted by molar-refractivity contribution is -0.108. The maximum Gasteiger partial charge on any atom is 0.253 e. The number of hydrogen-bond donors (Lipinski definition) is 2. The van der Waals surface area contributed by atoms with Gasteiger partial charge in [-0.2, -0.15) is 5.26 Å². The van der Waals surface area contributed by atoms with Gasteiger partial charge < -0.3 is 20.0 Å². The summed E-state index contributed by atoms with van der Waals surface area (Å²) in [6.45, 7) is 3.86. The fourth-order valence-electron chi connectivity index (χ4n) is 4.74. The molecule has 5 rings (SSSR count). The Morgan fingerprint density at radius 3 is 2.38 bits per heavy atom. The average Bonchev–Trinajstić information content (AvgIpc) is 3.61. The van der Waals surface area contributed by atoms with E-state index in [1.165, 1.54) is 11.1 Å². The molecule has 2 aromatic carbocycles. The zero-order valence-corrected chi connectivity index (χ0v) is 18.1. The minimum absolute atomic E-state index is 0.00141. The standard InChI is InChI=1S/C25H28N4O3/c26-16-18-1-2-19-7-10-29(17-21(19)15-18)22-5-3-20(4-6-22)23(30)27-11-13-28(14-12-27)24(31)25(32)8-9-25/h1-6,15,24,31-32H,7-14,17H2. The number of carbonyl (C=O) groups is 1. The van der Waals surface area contributed by atoms with Crippen LogP contribution in [0.5, 0.6) is 0 Å². The summed E-state index contributed by atoms with van der Waals surface area (Å²) < 4.78 is 0. The second-order valence-corrected chi connectivity index (χ2v) is 9.12. The van der Waals surface area contributed by atoms with Gasteiger partial charge in [-0.15, -0.1) is 0 Å². The van der Waals surface area contributed by atoms with Crippen molar-refractivity contribution in [3.63, 3.8) is 0 Å². The van der Waals surface area contributed by atoms with E-state index in [-0.39, 0.29) is 5.91 Å². The summed E-state index contributed by atoms with van der Waals surface area (Å²) in [7, 11) is 0. The third-order valence-corrected chi connectivity index (χ3v) is 7.02. The number of benzene rings is 2. The summed E-state index contributed by atoms with van der Waals surface area (Å²) in [5.74, 6) is -0.00141. The highest BCUT2D eigenvalue weighted by Gasteiger charge is 2.50. The zero-order chi connectivity index (χ0) is 22.3. The van der Waals surface area contributed by atoms with E-state index in [0.717, 1.165) is 25.2 Å². The summed E-state index contributed by atoms with van der Waals surface area (Å²) in [4.78, 5) is 18.9. The van der Waals surface area contributed by atoms with Crippen LogP contribution in [0.4, 0.5) is 5.69 Å². The molecule has 0 spiro atoms. The van der Waals surface area contributed by atoms with Gasteiger partial charge in [0.05, 0.1) is 11.6 Å². The monoisotopic (exact) mass is 432 g/mol. The molecule has 1 amide bonds. The van der Waals surface area contributed by atoms with E-state index in [1.54, 1.807) is 0 Å². The zero-order valence-electron chi connectivity index (χ0n) is 18.1. The fraction of sp³-hybridized carbons (Fsp3) is 0.440. The molecule has 0 aromatic heterocycles. The number of carbonyl (C=O) groups excluding carboxylic acids is 1. The number of fused-ring (bicyclic) bond motifs is 1. The normalized spacial score (nSPS) is 20.9. The van der Waals surface area contributed by atoms with Crippen LogP contribution in [0.2, 0.25) is 0 Å². The molecule has 2 aliphatic heterocycles. The van der Waals surface area contributed by atoms with Gasteiger partial charge in [0.25, 0.3) is 5.91 Å². The Kier molecular flexibility index (Phi) is 5.38. The molecule has 32 heavy (non-hydrogen) atoms. The number of nitrogens with zero attached hydrogens (tertiary/aromatic N) is 4. The molecular formula is C25H28N4O3.